The fourth-order valence-electron chi connectivity index (χ4n) is 0.747. The van der Waals surface area contributed by atoms with Gasteiger partial charge in [0.1, 0.15) is 0 Å². The van der Waals surface area contributed by atoms with Crippen LogP contribution in [0, 0.1) is 0 Å². The van der Waals surface area contributed by atoms with Crippen LogP contribution in [0.1, 0.15) is 0 Å². The van der Waals surface area contributed by atoms with Gasteiger partial charge in [-0.05, 0) is 28.1 Å². The van der Waals surface area contributed by atoms with Gasteiger partial charge in [0.25, 0.3) is 0 Å². The van der Waals surface area contributed by atoms with Gasteiger partial charge in [0.2, 0.25) is 5.91 Å². The summed E-state index contributed by atoms with van der Waals surface area (Å²) in [4.78, 5) is 11.9. The van der Waals surface area contributed by atoms with E-state index in [1.165, 1.54) is 11.8 Å². The number of halogens is 1. The third-order valence-corrected chi connectivity index (χ3v) is 3.38. The van der Waals surface area contributed by atoms with Gasteiger partial charge in [-0.1, -0.05) is 12.1 Å². The molecular weight excluding hydrogens is 252 g/mol. The highest BCUT2D eigenvalue weighted by Crippen LogP contribution is 2.26. The van der Waals surface area contributed by atoms with E-state index in [4.69, 9.17) is 5.84 Å². The van der Waals surface area contributed by atoms with Gasteiger partial charge in [-0.15, -0.1) is 11.8 Å². The highest BCUT2D eigenvalue weighted by molar-refractivity contribution is 9.10. The van der Waals surface area contributed by atoms with Gasteiger partial charge in [-0.25, -0.2) is 5.84 Å². The van der Waals surface area contributed by atoms with E-state index < -0.39 is 0 Å². The summed E-state index contributed by atoms with van der Waals surface area (Å²) >= 11 is 4.83. The maximum absolute atomic E-state index is 10.8. The molecule has 0 aliphatic carbocycles. The number of carbonyl (C=O) groups excluding carboxylic acids is 1. The molecule has 13 heavy (non-hydrogen) atoms. The van der Waals surface area contributed by atoms with E-state index >= 15 is 0 Å². The Morgan fingerprint density at radius 1 is 1.54 bits per heavy atom. The second-order valence-corrected chi connectivity index (χ2v) is 4.16. The third kappa shape index (κ3) is 3.38. The average molecular weight is 261 g/mol. The topological polar surface area (TPSA) is 55.1 Å². The van der Waals surface area contributed by atoms with E-state index in [0.29, 0.717) is 5.75 Å². The molecular formula is C8H9BrN2OS. The number of hydrazine groups is 1. The van der Waals surface area contributed by atoms with Gasteiger partial charge in [0.05, 0.1) is 5.75 Å². The highest BCUT2D eigenvalue weighted by atomic mass is 79.9. The molecule has 0 unspecified atom stereocenters. The zero-order valence-corrected chi connectivity index (χ0v) is 9.19. The smallest absolute Gasteiger partial charge is 0.244 e. The molecule has 0 radical (unpaired) electrons. The van der Waals surface area contributed by atoms with Crippen molar-refractivity contribution in [1.82, 2.24) is 5.43 Å². The van der Waals surface area contributed by atoms with Gasteiger partial charge in [0.15, 0.2) is 0 Å². The molecule has 3 N–H and O–H groups in total. The van der Waals surface area contributed by atoms with E-state index in [9.17, 15) is 4.79 Å². The molecule has 1 amide bonds. The number of hydrogen-bond acceptors (Lipinski definition) is 3. The number of thioether (sulfide) groups is 1. The van der Waals surface area contributed by atoms with Crippen LogP contribution in [0.5, 0.6) is 0 Å². The molecule has 1 rings (SSSR count). The first kappa shape index (κ1) is 10.6. The van der Waals surface area contributed by atoms with Crippen molar-refractivity contribution in [3.63, 3.8) is 0 Å². The van der Waals surface area contributed by atoms with Crippen LogP contribution in [0.25, 0.3) is 0 Å². The first-order chi connectivity index (χ1) is 6.24. The Balaban J connectivity index is 2.54. The fraction of sp³-hybridized carbons (Fsp3) is 0.125. The molecule has 0 saturated heterocycles. The van der Waals surface area contributed by atoms with Crippen molar-refractivity contribution in [2.24, 2.45) is 5.84 Å². The lowest BCUT2D eigenvalue weighted by Gasteiger charge is -2.02. The van der Waals surface area contributed by atoms with E-state index in [2.05, 4.69) is 21.4 Å². The molecule has 0 fully saturated rings. The molecule has 3 nitrogen and oxygen atoms in total. The number of rotatable bonds is 3. The Kier molecular flexibility index (Phi) is 4.27. The second kappa shape index (κ2) is 5.26. The molecule has 5 heteroatoms. The largest absolute Gasteiger partial charge is 0.294 e. The number of amides is 1. The van der Waals surface area contributed by atoms with Crippen LogP contribution in [0.15, 0.2) is 33.6 Å². The lowest BCUT2D eigenvalue weighted by Crippen LogP contribution is -2.31. The number of hydrogen-bond donors (Lipinski definition) is 2. The zero-order chi connectivity index (χ0) is 9.68. The fourth-order valence-corrected chi connectivity index (χ4v) is 2.13. The molecule has 0 saturated carbocycles. The molecule has 0 atom stereocenters. The molecule has 1 aromatic rings. The molecule has 0 bridgehead atoms. The summed E-state index contributed by atoms with van der Waals surface area (Å²) in [6.45, 7) is 0. The van der Waals surface area contributed by atoms with Crippen molar-refractivity contribution in [2.45, 2.75) is 4.90 Å². The van der Waals surface area contributed by atoms with Crippen LogP contribution < -0.4 is 11.3 Å². The molecule has 70 valence electrons. The number of nitrogens with one attached hydrogen (secondary N) is 1. The molecule has 0 heterocycles. The van der Waals surface area contributed by atoms with Crippen LogP contribution >= 0.6 is 27.7 Å². The lowest BCUT2D eigenvalue weighted by molar-refractivity contribution is -0.118. The Morgan fingerprint density at radius 2 is 2.23 bits per heavy atom. The van der Waals surface area contributed by atoms with Gasteiger partial charge >= 0.3 is 0 Å². The molecule has 0 aliphatic heterocycles. The zero-order valence-electron chi connectivity index (χ0n) is 6.79. The predicted octanol–water partition coefficient (Wildman–Crippen LogP) is 1.53. The Labute approximate surface area is 89.2 Å². The SMILES string of the molecule is NNC(=O)CSc1ccccc1Br. The van der Waals surface area contributed by atoms with E-state index in [0.717, 1.165) is 9.37 Å². The van der Waals surface area contributed by atoms with Gasteiger partial charge in [-0.3, -0.25) is 10.2 Å². The Morgan fingerprint density at radius 3 is 2.85 bits per heavy atom. The van der Waals surface area contributed by atoms with Crippen LogP contribution in [0.3, 0.4) is 0 Å². The first-order valence-corrected chi connectivity index (χ1v) is 5.38. The molecule has 0 spiro atoms. The van der Waals surface area contributed by atoms with Gasteiger partial charge in [0, 0.05) is 9.37 Å². The normalized spacial score (nSPS) is 9.69. The number of nitrogens with two attached hydrogens (primary N) is 1. The quantitative estimate of drug-likeness (QED) is 0.375. The predicted molar refractivity (Wildman–Crippen MR) is 57.2 cm³/mol. The third-order valence-electron chi connectivity index (χ3n) is 1.36. The van der Waals surface area contributed by atoms with E-state index in [1.54, 1.807) is 0 Å². The van der Waals surface area contributed by atoms with Crippen LogP contribution in [-0.2, 0) is 4.79 Å². The minimum Gasteiger partial charge on any atom is -0.294 e. The van der Waals surface area contributed by atoms with Crippen LogP contribution in [0.4, 0.5) is 0 Å². The van der Waals surface area contributed by atoms with Crippen LogP contribution in [-0.4, -0.2) is 11.7 Å². The van der Waals surface area contributed by atoms with Gasteiger partial charge < -0.3 is 0 Å². The van der Waals surface area contributed by atoms with E-state index in [1.807, 2.05) is 24.3 Å². The highest BCUT2D eigenvalue weighted by Gasteiger charge is 2.02. The van der Waals surface area contributed by atoms with Crippen LogP contribution in [0.2, 0.25) is 0 Å². The minimum absolute atomic E-state index is 0.180. The first-order valence-electron chi connectivity index (χ1n) is 3.61. The maximum atomic E-state index is 10.8. The summed E-state index contributed by atoms with van der Waals surface area (Å²) in [6.07, 6.45) is 0. The van der Waals surface area contributed by atoms with Gasteiger partial charge in [-0.2, -0.15) is 0 Å². The minimum atomic E-state index is -0.180. The second-order valence-electron chi connectivity index (χ2n) is 2.29. The molecule has 1 aromatic carbocycles. The summed E-state index contributed by atoms with van der Waals surface area (Å²) < 4.78 is 0.991. The number of benzene rings is 1. The summed E-state index contributed by atoms with van der Waals surface area (Å²) in [5.41, 5.74) is 2.08. The average Bonchev–Trinajstić information content (AvgIpc) is 2.16. The molecule has 0 aromatic heterocycles. The van der Waals surface area contributed by atoms with Crippen molar-refractivity contribution >= 4 is 33.6 Å². The molecule has 0 aliphatic rings. The van der Waals surface area contributed by atoms with Crippen molar-refractivity contribution in [3.8, 4) is 0 Å². The van der Waals surface area contributed by atoms with Crippen molar-refractivity contribution in [2.75, 3.05) is 5.75 Å². The summed E-state index contributed by atoms with van der Waals surface area (Å²) in [7, 11) is 0. The maximum Gasteiger partial charge on any atom is 0.244 e. The summed E-state index contributed by atoms with van der Waals surface area (Å²) in [5.74, 6) is 5.10. The standard InChI is InChI=1S/C8H9BrN2OS/c9-6-3-1-2-4-7(6)13-5-8(12)11-10/h1-4H,5,10H2,(H,11,12). The monoisotopic (exact) mass is 260 g/mol. The van der Waals surface area contributed by atoms with Crippen molar-refractivity contribution in [1.29, 1.82) is 0 Å². The van der Waals surface area contributed by atoms with Crippen molar-refractivity contribution in [3.05, 3.63) is 28.7 Å². The Hall–Kier alpha value is -0.520. The Bertz CT molecular complexity index is 306. The summed E-state index contributed by atoms with van der Waals surface area (Å²) in [6, 6.07) is 7.73. The summed E-state index contributed by atoms with van der Waals surface area (Å²) in [5, 5.41) is 0. The van der Waals surface area contributed by atoms with Crippen molar-refractivity contribution < 1.29 is 4.79 Å². The number of carbonyl (C=O) groups is 1. The van der Waals surface area contributed by atoms with E-state index in [-0.39, 0.29) is 5.91 Å². The lowest BCUT2D eigenvalue weighted by atomic mass is 10.4.